The van der Waals surface area contributed by atoms with E-state index in [1.54, 1.807) is 4.90 Å². The number of hydrogen-bond donors (Lipinski definition) is 2. The number of rotatable bonds is 4. The largest absolute Gasteiger partial charge is 0.354 e. The Kier molecular flexibility index (Phi) is 6.24. The molecule has 1 saturated heterocycles. The van der Waals surface area contributed by atoms with Crippen molar-refractivity contribution in [3.05, 3.63) is 34.9 Å². The Morgan fingerprint density at radius 3 is 2.70 bits per heavy atom. The summed E-state index contributed by atoms with van der Waals surface area (Å²) in [5.74, 6) is -0.00682. The number of amides is 3. The van der Waals surface area contributed by atoms with Gasteiger partial charge in [0.2, 0.25) is 5.91 Å². The van der Waals surface area contributed by atoms with Gasteiger partial charge in [-0.05, 0) is 31.8 Å². The molecule has 6 nitrogen and oxygen atoms in total. The van der Waals surface area contributed by atoms with Gasteiger partial charge in [0.25, 0.3) is 0 Å². The molecule has 1 aromatic rings. The first kappa shape index (κ1) is 17.6. The summed E-state index contributed by atoms with van der Waals surface area (Å²) in [6.07, 6.45) is 0.349. The molecule has 2 rings (SSSR count). The number of nitrogens with one attached hydrogen (secondary N) is 2. The lowest BCUT2D eigenvalue weighted by atomic mass is 10.1. The fourth-order valence-electron chi connectivity index (χ4n) is 2.55. The van der Waals surface area contributed by atoms with Crippen LogP contribution in [0.3, 0.4) is 0 Å². The molecule has 0 saturated carbocycles. The average Bonchev–Trinajstić information content (AvgIpc) is 2.73. The Hall–Kier alpha value is -1.79. The maximum Gasteiger partial charge on any atom is 0.317 e. The standard InChI is InChI=1S/C16H23ClN4O2/c1-20(2)14(12-3-5-13(17)6-4-12)11-19-16(23)21-9-7-15(22)18-8-10-21/h3-6,14H,7-11H2,1-2H3,(H,18,22)(H,19,23)/t14-/m1/s1. The third-order valence-corrected chi connectivity index (χ3v) is 4.18. The van der Waals surface area contributed by atoms with Gasteiger partial charge in [-0.3, -0.25) is 4.79 Å². The molecule has 0 aromatic heterocycles. The first-order valence-corrected chi connectivity index (χ1v) is 8.06. The van der Waals surface area contributed by atoms with E-state index in [4.69, 9.17) is 11.6 Å². The highest BCUT2D eigenvalue weighted by Gasteiger charge is 2.20. The molecule has 1 aromatic carbocycles. The van der Waals surface area contributed by atoms with E-state index in [2.05, 4.69) is 15.5 Å². The fraction of sp³-hybridized carbons (Fsp3) is 0.500. The smallest absolute Gasteiger partial charge is 0.317 e. The van der Waals surface area contributed by atoms with Crippen molar-refractivity contribution < 1.29 is 9.59 Å². The van der Waals surface area contributed by atoms with E-state index >= 15 is 0 Å². The molecule has 7 heteroatoms. The predicted molar refractivity (Wildman–Crippen MR) is 90.5 cm³/mol. The summed E-state index contributed by atoms with van der Waals surface area (Å²) < 4.78 is 0. The lowest BCUT2D eigenvalue weighted by molar-refractivity contribution is -0.120. The van der Waals surface area contributed by atoms with E-state index in [1.165, 1.54) is 0 Å². The molecule has 0 radical (unpaired) electrons. The van der Waals surface area contributed by atoms with Crippen LogP contribution in [0.5, 0.6) is 0 Å². The fourth-order valence-corrected chi connectivity index (χ4v) is 2.68. The van der Waals surface area contributed by atoms with Gasteiger partial charge in [0.1, 0.15) is 0 Å². The summed E-state index contributed by atoms with van der Waals surface area (Å²) in [6.45, 7) is 1.97. The molecule has 1 heterocycles. The van der Waals surface area contributed by atoms with Crippen molar-refractivity contribution in [3.8, 4) is 0 Å². The number of benzene rings is 1. The first-order valence-electron chi connectivity index (χ1n) is 7.68. The molecule has 0 bridgehead atoms. The van der Waals surface area contributed by atoms with Gasteiger partial charge in [0, 0.05) is 37.6 Å². The molecule has 1 aliphatic heterocycles. The lowest BCUT2D eigenvalue weighted by Crippen LogP contribution is -2.44. The van der Waals surface area contributed by atoms with Gasteiger partial charge in [-0.1, -0.05) is 23.7 Å². The minimum atomic E-state index is -0.137. The van der Waals surface area contributed by atoms with E-state index < -0.39 is 0 Å². The van der Waals surface area contributed by atoms with E-state index in [0.29, 0.717) is 37.6 Å². The van der Waals surface area contributed by atoms with Crippen LogP contribution in [0.4, 0.5) is 4.79 Å². The van der Waals surface area contributed by atoms with Gasteiger partial charge in [0.15, 0.2) is 0 Å². The van der Waals surface area contributed by atoms with E-state index in [-0.39, 0.29) is 18.0 Å². The van der Waals surface area contributed by atoms with Gasteiger partial charge in [-0.2, -0.15) is 0 Å². The number of hydrogen-bond acceptors (Lipinski definition) is 3. The Balaban J connectivity index is 1.94. The summed E-state index contributed by atoms with van der Waals surface area (Å²) in [5, 5.41) is 6.42. The summed E-state index contributed by atoms with van der Waals surface area (Å²) in [7, 11) is 3.94. The molecule has 0 spiro atoms. The second kappa shape index (κ2) is 8.17. The number of likely N-dealkylation sites (N-methyl/N-ethyl adjacent to an activating group) is 1. The summed E-state index contributed by atoms with van der Waals surface area (Å²) in [6, 6.07) is 7.55. The molecule has 23 heavy (non-hydrogen) atoms. The number of urea groups is 1. The van der Waals surface area contributed by atoms with Crippen molar-refractivity contribution >= 4 is 23.5 Å². The SMILES string of the molecule is CN(C)[C@H](CNC(=O)N1CCNC(=O)CC1)c1ccc(Cl)cc1. The zero-order valence-corrected chi connectivity index (χ0v) is 14.3. The topological polar surface area (TPSA) is 64.7 Å². The van der Waals surface area contributed by atoms with Crippen molar-refractivity contribution in [2.75, 3.05) is 40.3 Å². The van der Waals surface area contributed by atoms with E-state index in [0.717, 1.165) is 5.56 Å². The van der Waals surface area contributed by atoms with Crippen LogP contribution in [-0.2, 0) is 4.79 Å². The highest BCUT2D eigenvalue weighted by Crippen LogP contribution is 2.19. The second-order valence-electron chi connectivity index (χ2n) is 5.80. The van der Waals surface area contributed by atoms with Crippen LogP contribution in [0.2, 0.25) is 5.02 Å². The Morgan fingerprint density at radius 1 is 1.35 bits per heavy atom. The molecule has 0 unspecified atom stereocenters. The quantitative estimate of drug-likeness (QED) is 0.874. The zero-order chi connectivity index (χ0) is 16.8. The van der Waals surface area contributed by atoms with Crippen LogP contribution < -0.4 is 10.6 Å². The van der Waals surface area contributed by atoms with Crippen LogP contribution in [0.25, 0.3) is 0 Å². The highest BCUT2D eigenvalue weighted by molar-refractivity contribution is 6.30. The van der Waals surface area contributed by atoms with Gasteiger partial charge in [-0.25, -0.2) is 4.79 Å². The minimum Gasteiger partial charge on any atom is -0.354 e. The van der Waals surface area contributed by atoms with Crippen molar-refractivity contribution in [3.63, 3.8) is 0 Å². The van der Waals surface area contributed by atoms with Gasteiger partial charge in [-0.15, -0.1) is 0 Å². The number of nitrogens with zero attached hydrogens (tertiary/aromatic N) is 2. The Morgan fingerprint density at radius 2 is 2.04 bits per heavy atom. The maximum atomic E-state index is 12.3. The third kappa shape index (κ3) is 5.11. The summed E-state index contributed by atoms with van der Waals surface area (Å²) in [4.78, 5) is 27.4. The monoisotopic (exact) mass is 338 g/mol. The summed E-state index contributed by atoms with van der Waals surface area (Å²) in [5.41, 5.74) is 1.09. The van der Waals surface area contributed by atoms with Crippen molar-refractivity contribution in [1.82, 2.24) is 20.4 Å². The van der Waals surface area contributed by atoms with Crippen molar-refractivity contribution in [2.24, 2.45) is 0 Å². The van der Waals surface area contributed by atoms with E-state index in [9.17, 15) is 9.59 Å². The average molecular weight is 339 g/mol. The summed E-state index contributed by atoms with van der Waals surface area (Å²) >= 11 is 5.93. The number of carbonyl (C=O) groups excluding carboxylic acids is 2. The minimum absolute atomic E-state index is 0.00682. The maximum absolute atomic E-state index is 12.3. The van der Waals surface area contributed by atoms with Gasteiger partial charge >= 0.3 is 6.03 Å². The van der Waals surface area contributed by atoms with Crippen molar-refractivity contribution in [1.29, 1.82) is 0 Å². The predicted octanol–water partition coefficient (Wildman–Crippen LogP) is 1.47. The molecule has 3 amide bonds. The number of carbonyl (C=O) groups is 2. The molecule has 2 N–H and O–H groups in total. The highest BCUT2D eigenvalue weighted by atomic mass is 35.5. The van der Waals surface area contributed by atoms with Crippen molar-refractivity contribution in [2.45, 2.75) is 12.5 Å². The molecule has 1 atom stereocenters. The van der Waals surface area contributed by atoms with Crippen LogP contribution in [0.1, 0.15) is 18.0 Å². The second-order valence-corrected chi connectivity index (χ2v) is 6.24. The zero-order valence-electron chi connectivity index (χ0n) is 13.5. The van der Waals surface area contributed by atoms with Gasteiger partial charge < -0.3 is 20.4 Å². The van der Waals surface area contributed by atoms with Crippen LogP contribution in [0, 0.1) is 0 Å². The van der Waals surface area contributed by atoms with Gasteiger partial charge in [0.05, 0.1) is 6.04 Å². The Bertz CT molecular complexity index is 548. The Labute approximate surface area is 141 Å². The normalized spacial score (nSPS) is 16.7. The molecule has 126 valence electrons. The third-order valence-electron chi connectivity index (χ3n) is 3.92. The molecule has 1 fully saturated rings. The van der Waals surface area contributed by atoms with Crippen LogP contribution in [0.15, 0.2) is 24.3 Å². The first-order chi connectivity index (χ1) is 11.0. The molecular formula is C16H23ClN4O2. The number of halogens is 1. The molecule has 0 aliphatic carbocycles. The molecular weight excluding hydrogens is 316 g/mol. The van der Waals surface area contributed by atoms with Crippen LogP contribution in [-0.4, -0.2) is 62.0 Å². The van der Waals surface area contributed by atoms with Crippen LogP contribution >= 0.6 is 11.6 Å². The lowest BCUT2D eigenvalue weighted by Gasteiger charge is -2.27. The molecule has 1 aliphatic rings. The van der Waals surface area contributed by atoms with E-state index in [1.807, 2.05) is 38.4 Å².